The molecule has 1 N–H and O–H groups in total. The van der Waals surface area contributed by atoms with Gasteiger partial charge in [-0.15, -0.1) is 0 Å². The van der Waals surface area contributed by atoms with Gasteiger partial charge in [0.1, 0.15) is 5.69 Å². The van der Waals surface area contributed by atoms with Crippen LogP contribution in [0.4, 0.5) is 0 Å². The van der Waals surface area contributed by atoms with Crippen LogP contribution in [0.3, 0.4) is 0 Å². The Bertz CT molecular complexity index is 550. The van der Waals surface area contributed by atoms with Gasteiger partial charge in [-0.25, -0.2) is 0 Å². The van der Waals surface area contributed by atoms with Gasteiger partial charge in [-0.1, -0.05) is 0 Å². The summed E-state index contributed by atoms with van der Waals surface area (Å²) >= 11 is 0. The van der Waals surface area contributed by atoms with Gasteiger partial charge in [0, 0.05) is 43.2 Å². The average Bonchev–Trinajstić information content (AvgIpc) is 2.80. The van der Waals surface area contributed by atoms with E-state index in [4.69, 9.17) is 0 Å². The molecular formula is C13H21N5. The predicted molar refractivity (Wildman–Crippen MR) is 72.3 cm³/mol. The smallest absolute Gasteiger partial charge is 0.100 e. The Morgan fingerprint density at radius 3 is 2.56 bits per heavy atom. The Kier molecular flexibility index (Phi) is 3.52. The van der Waals surface area contributed by atoms with Gasteiger partial charge in [-0.05, 0) is 27.8 Å². The number of aryl methyl sites for hydroxylation is 3. The molecule has 98 valence electrons. The van der Waals surface area contributed by atoms with Crippen LogP contribution in [0.15, 0.2) is 6.20 Å². The molecule has 2 aromatic rings. The van der Waals surface area contributed by atoms with Crippen LogP contribution in [-0.4, -0.2) is 26.6 Å². The van der Waals surface area contributed by atoms with Crippen molar-refractivity contribution in [2.24, 2.45) is 7.05 Å². The Hall–Kier alpha value is -1.62. The zero-order valence-electron chi connectivity index (χ0n) is 11.8. The maximum atomic E-state index is 4.59. The van der Waals surface area contributed by atoms with Gasteiger partial charge in [-0.3, -0.25) is 9.36 Å². The number of rotatable bonds is 4. The van der Waals surface area contributed by atoms with E-state index in [-0.39, 0.29) is 0 Å². The van der Waals surface area contributed by atoms with Gasteiger partial charge in [0.05, 0.1) is 5.69 Å². The van der Waals surface area contributed by atoms with Crippen LogP contribution >= 0.6 is 0 Å². The lowest BCUT2D eigenvalue weighted by Gasteiger charge is -2.03. The van der Waals surface area contributed by atoms with Gasteiger partial charge in [0.25, 0.3) is 0 Å². The summed E-state index contributed by atoms with van der Waals surface area (Å²) in [6.07, 6.45) is 2.06. The molecule has 0 bridgehead atoms. The van der Waals surface area contributed by atoms with Crippen molar-refractivity contribution < 1.29 is 0 Å². The number of nitrogens with one attached hydrogen (secondary N) is 1. The van der Waals surface area contributed by atoms with E-state index >= 15 is 0 Å². The van der Waals surface area contributed by atoms with Crippen LogP contribution in [0.2, 0.25) is 0 Å². The molecule has 5 heteroatoms. The molecule has 0 atom stereocenters. The summed E-state index contributed by atoms with van der Waals surface area (Å²) in [5, 5.41) is 12.3. The van der Waals surface area contributed by atoms with Crippen molar-refractivity contribution in [3.8, 4) is 11.3 Å². The van der Waals surface area contributed by atoms with Crippen molar-refractivity contribution in [1.29, 1.82) is 0 Å². The molecule has 0 radical (unpaired) electrons. The van der Waals surface area contributed by atoms with E-state index in [9.17, 15) is 0 Å². The standard InChI is InChI=1S/C13H21N5/c1-6-18-10(3)12(9(2)15-18)13-11(7-14-4)8-17(5)16-13/h8,14H,6-7H2,1-5H3. The molecule has 0 saturated carbocycles. The lowest BCUT2D eigenvalue weighted by Crippen LogP contribution is -2.05. The molecule has 18 heavy (non-hydrogen) atoms. The number of hydrogen-bond acceptors (Lipinski definition) is 3. The van der Waals surface area contributed by atoms with Crippen molar-refractivity contribution in [3.05, 3.63) is 23.1 Å². The van der Waals surface area contributed by atoms with Crippen molar-refractivity contribution in [2.75, 3.05) is 7.05 Å². The summed E-state index contributed by atoms with van der Waals surface area (Å²) in [4.78, 5) is 0. The molecule has 2 aromatic heterocycles. The topological polar surface area (TPSA) is 47.7 Å². The third kappa shape index (κ3) is 2.06. The number of nitrogens with zero attached hydrogens (tertiary/aromatic N) is 4. The Labute approximate surface area is 108 Å². The third-order valence-corrected chi connectivity index (χ3v) is 3.19. The first-order valence-electron chi connectivity index (χ1n) is 6.30. The molecule has 0 amide bonds. The first-order chi connectivity index (χ1) is 8.58. The Balaban J connectivity index is 2.57. The maximum absolute atomic E-state index is 4.59. The molecule has 0 saturated heterocycles. The molecule has 0 aliphatic carbocycles. The van der Waals surface area contributed by atoms with E-state index in [1.807, 2.05) is 30.4 Å². The van der Waals surface area contributed by atoms with Crippen molar-refractivity contribution in [3.63, 3.8) is 0 Å². The molecule has 0 fully saturated rings. The summed E-state index contributed by atoms with van der Waals surface area (Å²) in [5.41, 5.74) is 5.66. The van der Waals surface area contributed by atoms with E-state index in [2.05, 4.69) is 35.6 Å². The minimum Gasteiger partial charge on any atom is -0.316 e. The SMILES string of the molecule is CCn1nc(C)c(-c2nn(C)cc2CNC)c1C. The molecule has 0 aliphatic rings. The molecular weight excluding hydrogens is 226 g/mol. The van der Waals surface area contributed by atoms with E-state index in [1.165, 1.54) is 16.8 Å². The monoisotopic (exact) mass is 247 g/mol. The van der Waals surface area contributed by atoms with Crippen molar-refractivity contribution in [2.45, 2.75) is 33.9 Å². The summed E-state index contributed by atoms with van der Waals surface area (Å²) in [6.45, 7) is 7.97. The second kappa shape index (κ2) is 4.94. The highest BCUT2D eigenvalue weighted by Gasteiger charge is 2.18. The average molecular weight is 247 g/mol. The molecule has 0 aliphatic heterocycles. The van der Waals surface area contributed by atoms with Gasteiger partial charge in [0.2, 0.25) is 0 Å². The van der Waals surface area contributed by atoms with Gasteiger partial charge >= 0.3 is 0 Å². The van der Waals surface area contributed by atoms with Crippen LogP contribution in [-0.2, 0) is 20.1 Å². The van der Waals surface area contributed by atoms with Crippen LogP contribution < -0.4 is 5.32 Å². The largest absolute Gasteiger partial charge is 0.316 e. The predicted octanol–water partition coefficient (Wildman–Crippen LogP) is 1.64. The molecule has 0 unspecified atom stereocenters. The van der Waals surface area contributed by atoms with Crippen molar-refractivity contribution in [1.82, 2.24) is 24.9 Å². The highest BCUT2D eigenvalue weighted by molar-refractivity contribution is 5.67. The molecule has 2 heterocycles. The summed E-state index contributed by atoms with van der Waals surface area (Å²) < 4.78 is 3.90. The second-order valence-corrected chi connectivity index (χ2v) is 4.57. The lowest BCUT2D eigenvalue weighted by molar-refractivity contribution is 0.634. The second-order valence-electron chi connectivity index (χ2n) is 4.57. The molecule has 2 rings (SSSR count). The molecule has 0 aromatic carbocycles. The highest BCUT2D eigenvalue weighted by Crippen LogP contribution is 2.28. The number of hydrogen-bond donors (Lipinski definition) is 1. The quantitative estimate of drug-likeness (QED) is 0.893. The molecule has 5 nitrogen and oxygen atoms in total. The fourth-order valence-electron chi connectivity index (χ4n) is 2.42. The summed E-state index contributed by atoms with van der Waals surface area (Å²) in [5.74, 6) is 0. The van der Waals surface area contributed by atoms with E-state index < -0.39 is 0 Å². The van der Waals surface area contributed by atoms with E-state index in [0.717, 1.165) is 24.5 Å². The Morgan fingerprint density at radius 1 is 1.28 bits per heavy atom. The van der Waals surface area contributed by atoms with Crippen LogP contribution in [0.25, 0.3) is 11.3 Å². The lowest BCUT2D eigenvalue weighted by atomic mass is 10.1. The van der Waals surface area contributed by atoms with Crippen molar-refractivity contribution >= 4 is 0 Å². The van der Waals surface area contributed by atoms with E-state index in [0.29, 0.717) is 0 Å². The van der Waals surface area contributed by atoms with E-state index in [1.54, 1.807) is 0 Å². The normalized spacial score (nSPS) is 11.2. The van der Waals surface area contributed by atoms with Gasteiger partial charge < -0.3 is 5.32 Å². The first-order valence-corrected chi connectivity index (χ1v) is 6.30. The zero-order valence-corrected chi connectivity index (χ0v) is 11.8. The highest BCUT2D eigenvalue weighted by atomic mass is 15.3. The minimum absolute atomic E-state index is 0.819. The fraction of sp³-hybridized carbons (Fsp3) is 0.538. The molecule has 0 spiro atoms. The Morgan fingerprint density at radius 2 is 2.00 bits per heavy atom. The summed E-state index contributed by atoms with van der Waals surface area (Å²) in [6, 6.07) is 0. The fourth-order valence-corrected chi connectivity index (χ4v) is 2.42. The van der Waals surface area contributed by atoms with Gasteiger partial charge in [0.15, 0.2) is 0 Å². The van der Waals surface area contributed by atoms with Crippen LogP contribution in [0, 0.1) is 13.8 Å². The maximum Gasteiger partial charge on any atom is 0.100 e. The summed E-state index contributed by atoms with van der Waals surface area (Å²) in [7, 11) is 3.91. The van der Waals surface area contributed by atoms with Crippen LogP contribution in [0.1, 0.15) is 23.9 Å². The van der Waals surface area contributed by atoms with Gasteiger partial charge in [-0.2, -0.15) is 10.2 Å². The first kappa shape index (κ1) is 12.8. The van der Waals surface area contributed by atoms with Crippen LogP contribution in [0.5, 0.6) is 0 Å². The third-order valence-electron chi connectivity index (χ3n) is 3.19. The minimum atomic E-state index is 0.819. The number of aromatic nitrogens is 4. The zero-order chi connectivity index (χ0) is 13.3.